The van der Waals surface area contributed by atoms with Crippen molar-refractivity contribution < 1.29 is 0 Å². The summed E-state index contributed by atoms with van der Waals surface area (Å²) in [5.74, 6) is 0. The molecule has 0 heterocycles. The van der Waals surface area contributed by atoms with Gasteiger partial charge < -0.3 is 10.6 Å². The van der Waals surface area contributed by atoms with Crippen LogP contribution in [0.5, 0.6) is 0 Å². The third-order valence-electron chi connectivity index (χ3n) is 4.96. The molecule has 3 aromatic carbocycles. The van der Waals surface area contributed by atoms with Gasteiger partial charge in [-0.1, -0.05) is 65.8 Å². The molecule has 2 nitrogen and oxygen atoms in total. The molecule has 28 heavy (non-hydrogen) atoms. The van der Waals surface area contributed by atoms with E-state index < -0.39 is 0 Å². The molecule has 3 rings (SSSR count). The summed E-state index contributed by atoms with van der Waals surface area (Å²) in [6.45, 7) is 13.4. The molecule has 2 N–H and O–H groups in total. The van der Waals surface area contributed by atoms with Crippen LogP contribution < -0.4 is 10.6 Å². The molecule has 0 radical (unpaired) electrons. The van der Waals surface area contributed by atoms with Gasteiger partial charge in [-0.05, 0) is 70.5 Å². The van der Waals surface area contributed by atoms with Crippen LogP contribution in [0.15, 0.2) is 72.8 Å². The highest BCUT2D eigenvalue weighted by atomic mass is 14.9. The van der Waals surface area contributed by atoms with Crippen LogP contribution in [-0.4, -0.2) is 0 Å². The first-order valence-corrected chi connectivity index (χ1v) is 9.96. The van der Waals surface area contributed by atoms with Crippen molar-refractivity contribution in [2.75, 3.05) is 10.6 Å². The van der Waals surface area contributed by atoms with Gasteiger partial charge in [-0.3, -0.25) is 0 Å². The van der Waals surface area contributed by atoms with Crippen molar-refractivity contribution >= 4 is 22.7 Å². The average molecular weight is 373 g/mol. The highest BCUT2D eigenvalue weighted by Gasteiger charge is 2.13. The van der Waals surface area contributed by atoms with Crippen molar-refractivity contribution in [3.63, 3.8) is 0 Å². The summed E-state index contributed by atoms with van der Waals surface area (Å²) >= 11 is 0. The largest absolute Gasteiger partial charge is 0.356 e. The molecule has 0 unspecified atom stereocenters. The number of nitrogens with one attached hydrogen (secondary N) is 2. The van der Waals surface area contributed by atoms with E-state index in [-0.39, 0.29) is 10.8 Å². The van der Waals surface area contributed by atoms with Gasteiger partial charge in [-0.15, -0.1) is 0 Å². The van der Waals surface area contributed by atoms with E-state index in [1.807, 2.05) is 0 Å². The van der Waals surface area contributed by atoms with Crippen LogP contribution in [0.1, 0.15) is 52.7 Å². The minimum Gasteiger partial charge on any atom is -0.356 e. The molecular formula is C26H32N2. The first-order chi connectivity index (χ1) is 13.1. The molecule has 3 aromatic rings. The first-order valence-electron chi connectivity index (χ1n) is 9.96. The number of anilines is 4. The van der Waals surface area contributed by atoms with Gasteiger partial charge in [0.25, 0.3) is 0 Å². The Hall–Kier alpha value is -2.74. The normalized spacial score (nSPS) is 11.9. The zero-order chi connectivity index (χ0) is 20.4. The van der Waals surface area contributed by atoms with Crippen molar-refractivity contribution in [1.29, 1.82) is 0 Å². The van der Waals surface area contributed by atoms with Crippen LogP contribution in [0.4, 0.5) is 22.7 Å². The predicted molar refractivity (Wildman–Crippen MR) is 123 cm³/mol. The number of rotatable bonds is 4. The molecule has 0 aliphatic heterocycles. The number of hydrogen-bond acceptors (Lipinski definition) is 2. The van der Waals surface area contributed by atoms with E-state index in [4.69, 9.17) is 0 Å². The van der Waals surface area contributed by atoms with E-state index in [1.54, 1.807) is 0 Å². The maximum atomic E-state index is 3.47. The molecule has 0 saturated carbocycles. The highest BCUT2D eigenvalue weighted by Crippen LogP contribution is 2.27. The van der Waals surface area contributed by atoms with Gasteiger partial charge in [0, 0.05) is 22.7 Å². The Kier molecular flexibility index (Phi) is 5.51. The van der Waals surface area contributed by atoms with Gasteiger partial charge in [0.05, 0.1) is 0 Å². The van der Waals surface area contributed by atoms with Crippen molar-refractivity contribution in [3.05, 3.63) is 83.9 Å². The van der Waals surface area contributed by atoms with Gasteiger partial charge in [0.1, 0.15) is 0 Å². The van der Waals surface area contributed by atoms with Gasteiger partial charge in [-0.2, -0.15) is 0 Å². The molecule has 146 valence electrons. The topological polar surface area (TPSA) is 24.1 Å². The van der Waals surface area contributed by atoms with Crippen molar-refractivity contribution in [3.8, 4) is 0 Å². The van der Waals surface area contributed by atoms with Gasteiger partial charge in [0.15, 0.2) is 0 Å². The molecule has 0 spiro atoms. The molecule has 0 amide bonds. The van der Waals surface area contributed by atoms with E-state index in [1.165, 1.54) is 11.1 Å². The van der Waals surface area contributed by atoms with E-state index >= 15 is 0 Å². The Morgan fingerprint density at radius 3 is 0.821 bits per heavy atom. The summed E-state index contributed by atoms with van der Waals surface area (Å²) in [7, 11) is 0. The lowest BCUT2D eigenvalue weighted by molar-refractivity contribution is 0.590. The van der Waals surface area contributed by atoms with Crippen molar-refractivity contribution in [1.82, 2.24) is 0 Å². The van der Waals surface area contributed by atoms with E-state index in [9.17, 15) is 0 Å². The van der Waals surface area contributed by atoms with Crippen LogP contribution >= 0.6 is 0 Å². The molecule has 0 bridgehead atoms. The average Bonchev–Trinajstić information content (AvgIpc) is 2.63. The van der Waals surface area contributed by atoms with Crippen LogP contribution in [0.25, 0.3) is 0 Å². The van der Waals surface area contributed by atoms with E-state index in [0.717, 1.165) is 22.7 Å². The van der Waals surface area contributed by atoms with Crippen LogP contribution in [0, 0.1) is 0 Å². The molecule has 2 heteroatoms. The Morgan fingerprint density at radius 1 is 0.393 bits per heavy atom. The molecular weight excluding hydrogens is 340 g/mol. The first kappa shape index (κ1) is 20.0. The maximum absolute atomic E-state index is 3.47. The maximum Gasteiger partial charge on any atom is 0.0385 e. The summed E-state index contributed by atoms with van der Waals surface area (Å²) in [5.41, 5.74) is 7.41. The lowest BCUT2D eigenvalue weighted by Gasteiger charge is -2.19. The standard InChI is InChI=1S/C26H32N2/c1-25(2,3)19-7-11-21(12-8-19)27-23-15-17-24(18-16-23)28-22-13-9-20(10-14-22)26(4,5)6/h7-18,27-28H,1-6H3. The Balaban J connectivity index is 1.63. The fourth-order valence-corrected chi connectivity index (χ4v) is 3.08. The zero-order valence-corrected chi connectivity index (χ0v) is 17.9. The number of hydrogen-bond donors (Lipinski definition) is 2. The van der Waals surface area contributed by atoms with Crippen LogP contribution in [-0.2, 0) is 10.8 Å². The smallest absolute Gasteiger partial charge is 0.0385 e. The van der Waals surface area contributed by atoms with Crippen molar-refractivity contribution in [2.45, 2.75) is 52.4 Å². The lowest BCUT2D eigenvalue weighted by Crippen LogP contribution is -2.10. The molecule has 0 aliphatic rings. The van der Waals surface area contributed by atoms with Crippen molar-refractivity contribution in [2.24, 2.45) is 0 Å². The fourth-order valence-electron chi connectivity index (χ4n) is 3.08. The minimum atomic E-state index is 0.178. The predicted octanol–water partition coefficient (Wildman–Crippen LogP) is 7.77. The summed E-state index contributed by atoms with van der Waals surface area (Å²) < 4.78 is 0. The summed E-state index contributed by atoms with van der Waals surface area (Å²) in [4.78, 5) is 0. The summed E-state index contributed by atoms with van der Waals surface area (Å²) in [6.07, 6.45) is 0. The fraction of sp³-hybridized carbons (Fsp3) is 0.308. The monoisotopic (exact) mass is 372 g/mol. The quantitative estimate of drug-likeness (QED) is 0.489. The molecule has 0 saturated heterocycles. The second-order valence-corrected chi connectivity index (χ2v) is 9.48. The number of benzene rings is 3. The van der Waals surface area contributed by atoms with Crippen LogP contribution in [0.3, 0.4) is 0 Å². The SMILES string of the molecule is CC(C)(C)c1ccc(Nc2ccc(Nc3ccc(C(C)(C)C)cc3)cc2)cc1. The Bertz CT molecular complexity index is 813. The molecule has 0 atom stereocenters. The zero-order valence-electron chi connectivity index (χ0n) is 17.9. The second kappa shape index (κ2) is 7.71. The van der Waals surface area contributed by atoms with Gasteiger partial charge >= 0.3 is 0 Å². The summed E-state index contributed by atoms with van der Waals surface area (Å²) in [5, 5.41) is 6.94. The summed E-state index contributed by atoms with van der Waals surface area (Å²) in [6, 6.07) is 25.7. The van der Waals surface area contributed by atoms with Gasteiger partial charge in [-0.25, -0.2) is 0 Å². The Morgan fingerprint density at radius 2 is 0.607 bits per heavy atom. The molecule has 0 fully saturated rings. The van der Waals surface area contributed by atoms with E-state index in [0.29, 0.717) is 0 Å². The molecule has 0 aliphatic carbocycles. The third-order valence-corrected chi connectivity index (χ3v) is 4.96. The lowest BCUT2D eigenvalue weighted by atomic mass is 9.87. The third kappa shape index (κ3) is 5.16. The highest BCUT2D eigenvalue weighted by molar-refractivity contribution is 5.66. The molecule has 0 aromatic heterocycles. The van der Waals surface area contributed by atoms with Gasteiger partial charge in [0.2, 0.25) is 0 Å². The minimum absolute atomic E-state index is 0.178. The van der Waals surface area contributed by atoms with E-state index in [2.05, 4.69) is 125 Å². The Labute approximate surface area is 170 Å². The second-order valence-electron chi connectivity index (χ2n) is 9.48. The van der Waals surface area contributed by atoms with Crippen LogP contribution in [0.2, 0.25) is 0 Å².